The molecule has 4 aromatic rings. The molecule has 1 saturated heterocycles. The summed E-state index contributed by atoms with van der Waals surface area (Å²) < 4.78 is 25.4. The first-order valence-electron chi connectivity index (χ1n) is 15.1. The third kappa shape index (κ3) is 4.69. The highest BCUT2D eigenvalue weighted by Crippen LogP contribution is 2.62. The Bertz CT molecular complexity index is 1740. The molecule has 4 N–H and O–H groups in total. The van der Waals surface area contributed by atoms with Crippen LogP contribution in [0.4, 0.5) is 0 Å². The number of nitrogens with one attached hydrogen (secondary N) is 1. The molecule has 0 amide bonds. The Morgan fingerprint density at radius 3 is 2.13 bits per heavy atom. The number of nitrogens with zero attached hydrogens (tertiary/aromatic N) is 1. The molecule has 1 aromatic heterocycles. The van der Waals surface area contributed by atoms with E-state index in [1.807, 2.05) is 12.1 Å². The van der Waals surface area contributed by atoms with E-state index in [4.69, 9.17) is 18.9 Å². The van der Waals surface area contributed by atoms with Crippen molar-refractivity contribution in [2.75, 3.05) is 27.4 Å². The zero-order valence-electron chi connectivity index (χ0n) is 26.5. The van der Waals surface area contributed by atoms with Gasteiger partial charge in [-0.1, -0.05) is 60.7 Å². The smallest absolute Gasteiger partial charge is 0.330 e. The van der Waals surface area contributed by atoms with Gasteiger partial charge in [0.25, 0.3) is 5.56 Å². The largest absolute Gasteiger partial charge is 0.497 e. The minimum Gasteiger partial charge on any atom is -0.497 e. The first kappa shape index (κ1) is 33.1. The molecule has 0 saturated carbocycles. The van der Waals surface area contributed by atoms with Crippen molar-refractivity contribution in [3.63, 3.8) is 0 Å². The molecular weight excluding hydrogens is 592 g/mol. The zero-order chi connectivity index (χ0) is 33.3. The van der Waals surface area contributed by atoms with Gasteiger partial charge in [0.1, 0.15) is 29.8 Å². The van der Waals surface area contributed by atoms with Crippen LogP contribution >= 0.6 is 0 Å². The molecule has 0 radical (unpaired) electrons. The van der Waals surface area contributed by atoms with E-state index in [0.717, 1.165) is 4.57 Å². The van der Waals surface area contributed by atoms with Gasteiger partial charge in [-0.15, -0.1) is 0 Å². The molecular formula is C35H40N2O9. The molecule has 46 heavy (non-hydrogen) atoms. The van der Waals surface area contributed by atoms with Crippen LogP contribution in [-0.4, -0.2) is 76.2 Å². The number of H-pyrrole nitrogens is 1. The Morgan fingerprint density at radius 1 is 1.00 bits per heavy atom. The number of hydrogen-bond donors (Lipinski definition) is 4. The standard InChI is InChI=1S/C35H40N2O9/c1-6-45-23(3)35(37-20-22(2)31(40)36-32(37)41)34(42,30(39)29(21-38)46-35)33(24-13-9-7-10-14-24,25-15-11-8-12-16-25)27-19-26(43-4)17-18-28(27)44-5/h7-20,23,29-30,38-39,42H,6,21H2,1-5H3,(H,36,40,41)/t23?,29-,30-,34+,35-/m1/s1. The van der Waals surface area contributed by atoms with Gasteiger partial charge in [-0.25, -0.2) is 4.79 Å². The average molecular weight is 633 g/mol. The summed E-state index contributed by atoms with van der Waals surface area (Å²) in [6, 6.07) is 23.1. The molecule has 0 aliphatic carbocycles. The molecule has 0 spiro atoms. The summed E-state index contributed by atoms with van der Waals surface area (Å²) in [6.07, 6.45) is -3.18. The van der Waals surface area contributed by atoms with Crippen LogP contribution in [0.3, 0.4) is 0 Å². The van der Waals surface area contributed by atoms with E-state index in [-0.39, 0.29) is 12.2 Å². The lowest BCUT2D eigenvalue weighted by atomic mass is 9.53. The molecule has 5 rings (SSSR count). The van der Waals surface area contributed by atoms with Crippen molar-refractivity contribution >= 4 is 0 Å². The highest BCUT2D eigenvalue weighted by atomic mass is 16.6. The minimum atomic E-state index is -2.60. The van der Waals surface area contributed by atoms with Crippen molar-refractivity contribution in [2.24, 2.45) is 0 Å². The second kappa shape index (κ2) is 12.9. The van der Waals surface area contributed by atoms with E-state index in [9.17, 15) is 24.9 Å². The number of aryl methyl sites for hydroxylation is 1. The number of aromatic nitrogens is 2. The van der Waals surface area contributed by atoms with Crippen LogP contribution in [0.5, 0.6) is 11.5 Å². The number of ether oxygens (including phenoxy) is 4. The number of methoxy groups -OCH3 is 2. The van der Waals surface area contributed by atoms with Gasteiger partial charge in [0.2, 0.25) is 5.72 Å². The van der Waals surface area contributed by atoms with Gasteiger partial charge in [-0.3, -0.25) is 14.3 Å². The summed E-state index contributed by atoms with van der Waals surface area (Å²) >= 11 is 0. The summed E-state index contributed by atoms with van der Waals surface area (Å²) in [6.45, 7) is 4.26. The molecule has 11 nitrogen and oxygen atoms in total. The van der Waals surface area contributed by atoms with Gasteiger partial charge in [-0.05, 0) is 50.1 Å². The number of benzene rings is 3. The number of rotatable bonds is 11. The van der Waals surface area contributed by atoms with Crippen LogP contribution in [0, 0.1) is 6.92 Å². The van der Waals surface area contributed by atoms with E-state index in [1.165, 1.54) is 27.3 Å². The molecule has 1 unspecified atom stereocenters. The van der Waals surface area contributed by atoms with Crippen molar-refractivity contribution < 1.29 is 34.3 Å². The molecule has 2 heterocycles. The van der Waals surface area contributed by atoms with Crippen LogP contribution in [0.1, 0.15) is 36.1 Å². The van der Waals surface area contributed by atoms with Gasteiger partial charge < -0.3 is 34.3 Å². The molecule has 11 heteroatoms. The Hall–Kier alpha value is -4.26. The van der Waals surface area contributed by atoms with Crippen molar-refractivity contribution in [2.45, 2.75) is 55.8 Å². The first-order chi connectivity index (χ1) is 22.1. The van der Waals surface area contributed by atoms with Crippen LogP contribution in [0.2, 0.25) is 0 Å². The van der Waals surface area contributed by atoms with Crippen molar-refractivity contribution in [3.8, 4) is 11.5 Å². The van der Waals surface area contributed by atoms with E-state index in [0.29, 0.717) is 28.2 Å². The summed E-state index contributed by atoms with van der Waals surface area (Å²) in [5.41, 5.74) is -6.81. The van der Waals surface area contributed by atoms with Crippen molar-refractivity contribution in [1.29, 1.82) is 0 Å². The highest BCUT2D eigenvalue weighted by Gasteiger charge is 2.78. The van der Waals surface area contributed by atoms with Crippen LogP contribution in [0.25, 0.3) is 0 Å². The van der Waals surface area contributed by atoms with Crippen LogP contribution in [0.15, 0.2) is 94.6 Å². The maximum absolute atomic E-state index is 14.0. The Labute approximate surface area is 266 Å². The first-order valence-corrected chi connectivity index (χ1v) is 15.1. The molecule has 1 aliphatic heterocycles. The lowest BCUT2D eigenvalue weighted by Gasteiger charge is -2.56. The minimum absolute atomic E-state index is 0.130. The SMILES string of the molecule is CCOC(C)[C@@]1(n2cc(C)c(=O)[nH]c2=O)O[C@H](CO)[C@@H](O)[C@]1(O)C(c1ccccc1)(c1ccccc1)c1cc(OC)ccc1OC. The Morgan fingerprint density at radius 2 is 1.61 bits per heavy atom. The van der Waals surface area contributed by atoms with Gasteiger partial charge in [0, 0.05) is 23.9 Å². The fourth-order valence-corrected chi connectivity index (χ4v) is 7.12. The number of aromatic amines is 1. The summed E-state index contributed by atoms with van der Waals surface area (Å²) in [7, 11) is 2.99. The van der Waals surface area contributed by atoms with Gasteiger partial charge in [-0.2, -0.15) is 0 Å². The third-order valence-electron chi connectivity index (χ3n) is 9.08. The fraction of sp³-hybridized carbons (Fsp3) is 0.371. The number of aliphatic hydroxyl groups is 3. The molecule has 244 valence electrons. The Balaban J connectivity index is 2.12. The van der Waals surface area contributed by atoms with E-state index < -0.39 is 52.9 Å². The normalized spacial score (nSPS) is 23.7. The quantitative estimate of drug-likeness (QED) is 0.183. The molecule has 0 bridgehead atoms. The summed E-state index contributed by atoms with van der Waals surface area (Å²) in [5, 5.41) is 37.2. The van der Waals surface area contributed by atoms with Crippen molar-refractivity contribution in [3.05, 3.63) is 128 Å². The Kier molecular flexibility index (Phi) is 9.26. The van der Waals surface area contributed by atoms with Gasteiger partial charge in [0.05, 0.1) is 26.2 Å². The molecule has 3 aromatic carbocycles. The monoisotopic (exact) mass is 632 g/mol. The second-order valence-corrected chi connectivity index (χ2v) is 11.3. The lowest BCUT2D eigenvalue weighted by molar-refractivity contribution is -0.267. The topological polar surface area (TPSA) is 152 Å². The summed E-state index contributed by atoms with van der Waals surface area (Å²) in [5.74, 6) is 0.743. The molecule has 1 aliphatic rings. The van der Waals surface area contributed by atoms with Crippen LogP contribution < -0.4 is 20.7 Å². The lowest BCUT2D eigenvalue weighted by Crippen LogP contribution is -2.74. The summed E-state index contributed by atoms with van der Waals surface area (Å²) in [4.78, 5) is 28.9. The van der Waals surface area contributed by atoms with Crippen LogP contribution in [-0.2, 0) is 20.6 Å². The second-order valence-electron chi connectivity index (χ2n) is 11.3. The maximum atomic E-state index is 14.0. The molecule has 5 atom stereocenters. The fourth-order valence-electron chi connectivity index (χ4n) is 7.12. The third-order valence-corrected chi connectivity index (χ3v) is 9.08. The van der Waals surface area contributed by atoms with Crippen molar-refractivity contribution in [1.82, 2.24) is 9.55 Å². The van der Waals surface area contributed by atoms with Gasteiger partial charge >= 0.3 is 5.69 Å². The number of hydrogen-bond acceptors (Lipinski definition) is 9. The highest BCUT2D eigenvalue weighted by molar-refractivity contribution is 5.62. The predicted molar refractivity (Wildman–Crippen MR) is 170 cm³/mol. The maximum Gasteiger partial charge on any atom is 0.330 e. The van der Waals surface area contributed by atoms with E-state index in [2.05, 4.69) is 4.98 Å². The zero-order valence-corrected chi connectivity index (χ0v) is 26.5. The average Bonchev–Trinajstić information content (AvgIpc) is 3.31. The molecule has 1 fully saturated rings. The predicted octanol–water partition coefficient (Wildman–Crippen LogP) is 2.46. The number of aliphatic hydroxyl groups excluding tert-OH is 2. The van der Waals surface area contributed by atoms with E-state index >= 15 is 0 Å². The van der Waals surface area contributed by atoms with E-state index in [1.54, 1.807) is 80.6 Å². The van der Waals surface area contributed by atoms with Gasteiger partial charge in [0.15, 0.2) is 5.60 Å².